The molecule has 4 aromatic rings. The van der Waals surface area contributed by atoms with E-state index >= 15 is 0 Å². The third kappa shape index (κ3) is 3.79. The Morgan fingerprint density at radius 1 is 0.829 bits per heavy atom. The average Bonchev–Trinajstić information content (AvgIpc) is 3.32. The van der Waals surface area contributed by atoms with Crippen molar-refractivity contribution in [2.75, 3.05) is 0 Å². The second kappa shape index (κ2) is 8.20. The number of hydrogen-bond acceptors (Lipinski definition) is 3. The smallest absolute Gasteiger partial charge is 0.399 e. The van der Waals surface area contributed by atoms with Gasteiger partial charge in [0.15, 0.2) is 0 Å². The molecule has 1 atom stereocenters. The average molecular weight is 478 g/mol. The lowest BCUT2D eigenvalue weighted by atomic mass is 9.77. The predicted molar refractivity (Wildman–Crippen MR) is 149 cm³/mol. The molecule has 1 fully saturated rings. The van der Waals surface area contributed by atoms with Crippen molar-refractivity contribution in [3.05, 3.63) is 94.9 Å². The van der Waals surface area contributed by atoms with Gasteiger partial charge in [-0.2, -0.15) is 0 Å². The second-order valence-electron chi connectivity index (χ2n) is 10.9. The van der Waals surface area contributed by atoms with Gasteiger partial charge in [-0.1, -0.05) is 85.8 Å². The lowest BCUT2D eigenvalue weighted by Gasteiger charge is -2.32. The van der Waals surface area contributed by atoms with E-state index in [2.05, 4.69) is 113 Å². The van der Waals surface area contributed by atoms with Crippen molar-refractivity contribution in [1.82, 2.24) is 0 Å². The summed E-state index contributed by atoms with van der Waals surface area (Å²) in [6.07, 6.45) is 3.53. The van der Waals surface area contributed by atoms with E-state index in [4.69, 9.17) is 9.31 Å². The zero-order chi connectivity index (χ0) is 24.4. The number of allylic oxidation sites excluding steroid dienone is 1. The van der Waals surface area contributed by atoms with Gasteiger partial charge in [-0.25, -0.2) is 0 Å². The molecule has 0 bridgehead atoms. The molecule has 2 heterocycles. The Hall–Kier alpha value is -2.66. The van der Waals surface area contributed by atoms with Crippen LogP contribution in [0.4, 0.5) is 0 Å². The molecular weight excluding hydrogens is 447 g/mol. The van der Waals surface area contributed by atoms with E-state index in [0.717, 1.165) is 11.9 Å². The highest BCUT2D eigenvalue weighted by atomic mass is 32.1. The van der Waals surface area contributed by atoms with Gasteiger partial charge in [0.2, 0.25) is 0 Å². The lowest BCUT2D eigenvalue weighted by molar-refractivity contribution is 0.00578. The van der Waals surface area contributed by atoms with Crippen LogP contribution in [0.2, 0.25) is 0 Å². The van der Waals surface area contributed by atoms with E-state index in [-0.39, 0.29) is 18.3 Å². The highest BCUT2D eigenvalue weighted by molar-refractivity contribution is 7.21. The van der Waals surface area contributed by atoms with Crippen molar-refractivity contribution in [2.24, 2.45) is 5.92 Å². The standard InChI is InChI=1S/C31H31BO2S/c1-20-17-26(22-13-9-14-23(19-22)32-33-30(2,3)31(4,5)34-32)29-27(18-20)25-16-10-15-24(28(25)35-29)21-11-7-6-8-12-21/h6-17,19-20H,18H2,1-5H3. The maximum absolute atomic E-state index is 6.36. The monoisotopic (exact) mass is 478 g/mol. The molecular formula is C31H31BO2S. The van der Waals surface area contributed by atoms with Crippen molar-refractivity contribution < 1.29 is 9.31 Å². The Labute approximate surface area is 212 Å². The fourth-order valence-electron chi connectivity index (χ4n) is 5.24. The van der Waals surface area contributed by atoms with Crippen LogP contribution in [0.3, 0.4) is 0 Å². The summed E-state index contributed by atoms with van der Waals surface area (Å²) in [6.45, 7) is 10.8. The maximum atomic E-state index is 6.36. The molecule has 0 N–H and O–H groups in total. The van der Waals surface area contributed by atoms with Gasteiger partial charge in [-0.05, 0) is 78.7 Å². The first-order chi connectivity index (χ1) is 16.7. The third-order valence-corrected chi connectivity index (χ3v) is 9.16. The van der Waals surface area contributed by atoms with Crippen LogP contribution in [0.1, 0.15) is 50.6 Å². The normalized spacial score (nSPS) is 20.7. The zero-order valence-corrected chi connectivity index (χ0v) is 21.9. The van der Waals surface area contributed by atoms with Gasteiger partial charge in [0, 0.05) is 9.58 Å². The van der Waals surface area contributed by atoms with Crippen LogP contribution in [0.5, 0.6) is 0 Å². The first kappa shape index (κ1) is 22.8. The van der Waals surface area contributed by atoms with E-state index in [1.165, 1.54) is 42.8 Å². The van der Waals surface area contributed by atoms with Crippen LogP contribution in [0.15, 0.2) is 78.9 Å². The molecule has 2 aliphatic rings. The van der Waals surface area contributed by atoms with E-state index < -0.39 is 0 Å². The molecule has 3 aromatic carbocycles. The Balaban J connectivity index is 1.45. The molecule has 6 rings (SSSR count). The molecule has 4 heteroatoms. The van der Waals surface area contributed by atoms with Crippen LogP contribution in [0, 0.1) is 5.92 Å². The number of fused-ring (bicyclic) bond motifs is 3. The summed E-state index contributed by atoms with van der Waals surface area (Å²) >= 11 is 1.93. The molecule has 1 saturated heterocycles. The number of rotatable bonds is 3. The van der Waals surface area contributed by atoms with Crippen molar-refractivity contribution in [3.63, 3.8) is 0 Å². The van der Waals surface area contributed by atoms with E-state index in [9.17, 15) is 0 Å². The largest absolute Gasteiger partial charge is 0.494 e. The summed E-state index contributed by atoms with van der Waals surface area (Å²) in [5, 5.41) is 1.39. The van der Waals surface area contributed by atoms with Crippen molar-refractivity contribution in [2.45, 2.75) is 52.2 Å². The number of hydrogen-bond donors (Lipinski definition) is 0. The molecule has 176 valence electrons. The van der Waals surface area contributed by atoms with E-state index in [1.54, 1.807) is 0 Å². The topological polar surface area (TPSA) is 18.5 Å². The van der Waals surface area contributed by atoms with Gasteiger partial charge in [-0.15, -0.1) is 11.3 Å². The van der Waals surface area contributed by atoms with E-state index in [1.807, 2.05) is 11.3 Å². The van der Waals surface area contributed by atoms with E-state index in [0.29, 0.717) is 5.92 Å². The number of benzene rings is 3. The summed E-state index contributed by atoms with van der Waals surface area (Å²) in [5.74, 6) is 0.483. The molecule has 0 amide bonds. The molecule has 1 aliphatic carbocycles. The molecule has 35 heavy (non-hydrogen) atoms. The summed E-state index contributed by atoms with van der Waals surface area (Å²) in [6, 6.07) is 26.3. The first-order valence-corrected chi connectivity index (χ1v) is 13.3. The van der Waals surface area contributed by atoms with Crippen molar-refractivity contribution >= 4 is 39.6 Å². The molecule has 0 saturated carbocycles. The Bertz CT molecular complexity index is 1430. The Kier molecular flexibility index (Phi) is 5.34. The Morgan fingerprint density at radius 3 is 2.26 bits per heavy atom. The minimum atomic E-state index is -0.354. The second-order valence-corrected chi connectivity index (χ2v) is 12.0. The zero-order valence-electron chi connectivity index (χ0n) is 21.1. The minimum Gasteiger partial charge on any atom is -0.399 e. The minimum absolute atomic E-state index is 0.348. The SMILES string of the molecule is CC1C=C(c2cccc(B3OC(C)(C)C(C)(C)O3)c2)c2sc3c(-c4ccccc4)cccc3c2C1. The quantitative estimate of drug-likeness (QED) is 0.284. The van der Waals surface area contributed by atoms with Gasteiger partial charge in [0.05, 0.1) is 11.2 Å². The summed E-state index contributed by atoms with van der Waals surface area (Å²) in [5.41, 5.74) is 7.02. The van der Waals surface area contributed by atoms with Crippen LogP contribution in [-0.2, 0) is 15.7 Å². The van der Waals surface area contributed by atoms with Crippen LogP contribution >= 0.6 is 11.3 Å². The molecule has 1 unspecified atom stereocenters. The van der Waals surface area contributed by atoms with Crippen molar-refractivity contribution in [1.29, 1.82) is 0 Å². The molecule has 0 spiro atoms. The number of thiophene rings is 1. The van der Waals surface area contributed by atoms with Gasteiger partial charge >= 0.3 is 7.12 Å². The molecule has 2 nitrogen and oxygen atoms in total. The maximum Gasteiger partial charge on any atom is 0.494 e. The first-order valence-electron chi connectivity index (χ1n) is 12.5. The predicted octanol–water partition coefficient (Wildman–Crippen LogP) is 7.49. The fraction of sp³-hybridized carbons (Fsp3) is 0.290. The molecule has 1 aliphatic heterocycles. The van der Waals surface area contributed by atoms with Crippen molar-refractivity contribution in [3.8, 4) is 11.1 Å². The van der Waals surface area contributed by atoms with Crippen LogP contribution in [-0.4, -0.2) is 18.3 Å². The summed E-state index contributed by atoms with van der Waals surface area (Å²) in [7, 11) is -0.354. The molecule has 0 radical (unpaired) electrons. The Morgan fingerprint density at radius 2 is 1.51 bits per heavy atom. The summed E-state index contributed by atoms with van der Waals surface area (Å²) < 4.78 is 14.1. The molecule has 1 aromatic heterocycles. The van der Waals surface area contributed by atoms with Gasteiger partial charge in [-0.3, -0.25) is 0 Å². The highest BCUT2D eigenvalue weighted by Gasteiger charge is 2.51. The lowest BCUT2D eigenvalue weighted by Crippen LogP contribution is -2.41. The fourth-order valence-corrected chi connectivity index (χ4v) is 6.65. The highest BCUT2D eigenvalue weighted by Crippen LogP contribution is 2.46. The van der Waals surface area contributed by atoms with Crippen LogP contribution in [0.25, 0.3) is 26.8 Å². The van der Waals surface area contributed by atoms with Gasteiger partial charge in [0.1, 0.15) is 0 Å². The summed E-state index contributed by atoms with van der Waals surface area (Å²) in [4.78, 5) is 1.40. The van der Waals surface area contributed by atoms with Crippen LogP contribution < -0.4 is 5.46 Å². The van der Waals surface area contributed by atoms with Gasteiger partial charge in [0.25, 0.3) is 0 Å². The van der Waals surface area contributed by atoms with Gasteiger partial charge < -0.3 is 9.31 Å². The third-order valence-electron chi connectivity index (χ3n) is 7.85.